The van der Waals surface area contributed by atoms with Crippen molar-refractivity contribution in [2.45, 2.75) is 32.4 Å². The van der Waals surface area contributed by atoms with Crippen molar-refractivity contribution in [3.8, 4) is 11.5 Å². The maximum atomic E-state index is 12.1. The average molecular weight is 417 g/mol. The van der Waals surface area contributed by atoms with Crippen LogP contribution in [0.5, 0.6) is 11.5 Å². The highest BCUT2D eigenvalue weighted by atomic mass is 32.2. The standard InChI is InChI=1S/C20H23N3O5S/c1-4-12-14-9-16-17(10-15(14)23-20(12)24)22-19(21-16)13-7-6-11(8-18(13)27-3)28-29(25,26)5-2/h6-10,12,19,21-22H,4-5H2,1-3H3,(H,23,24). The fourth-order valence-corrected chi connectivity index (χ4v) is 4.22. The Morgan fingerprint density at radius 3 is 2.38 bits per heavy atom. The molecule has 3 N–H and O–H groups in total. The van der Waals surface area contributed by atoms with E-state index in [1.54, 1.807) is 18.2 Å². The van der Waals surface area contributed by atoms with E-state index in [0.29, 0.717) is 5.75 Å². The van der Waals surface area contributed by atoms with Crippen molar-refractivity contribution in [3.63, 3.8) is 0 Å². The van der Waals surface area contributed by atoms with Gasteiger partial charge in [0.25, 0.3) is 0 Å². The van der Waals surface area contributed by atoms with Crippen LogP contribution >= 0.6 is 0 Å². The van der Waals surface area contributed by atoms with E-state index < -0.39 is 10.1 Å². The number of anilines is 3. The van der Waals surface area contributed by atoms with Crippen LogP contribution in [0.15, 0.2) is 30.3 Å². The lowest BCUT2D eigenvalue weighted by Gasteiger charge is -2.17. The molecule has 0 saturated heterocycles. The number of ether oxygens (including phenoxy) is 1. The maximum Gasteiger partial charge on any atom is 0.308 e. The van der Waals surface area contributed by atoms with Gasteiger partial charge < -0.3 is 24.9 Å². The third kappa shape index (κ3) is 3.46. The SMILES string of the molecule is CCC1C(=O)Nc2cc3c(cc21)NC(c1ccc(OS(=O)(=O)CC)cc1OC)N3. The highest BCUT2D eigenvalue weighted by Crippen LogP contribution is 2.45. The van der Waals surface area contributed by atoms with Gasteiger partial charge >= 0.3 is 10.1 Å². The van der Waals surface area contributed by atoms with Gasteiger partial charge in [-0.3, -0.25) is 4.79 Å². The molecule has 0 radical (unpaired) electrons. The normalized spacial score (nSPS) is 19.6. The first-order chi connectivity index (χ1) is 13.8. The summed E-state index contributed by atoms with van der Waals surface area (Å²) < 4.78 is 34.0. The lowest BCUT2D eigenvalue weighted by molar-refractivity contribution is -0.117. The Morgan fingerprint density at radius 1 is 1.00 bits per heavy atom. The van der Waals surface area contributed by atoms with Crippen molar-refractivity contribution in [2.75, 3.05) is 28.8 Å². The van der Waals surface area contributed by atoms with Gasteiger partial charge in [-0.25, -0.2) is 0 Å². The third-order valence-corrected chi connectivity index (χ3v) is 6.39. The van der Waals surface area contributed by atoms with Crippen molar-refractivity contribution in [2.24, 2.45) is 0 Å². The van der Waals surface area contributed by atoms with Gasteiger partial charge in [0.15, 0.2) is 0 Å². The maximum absolute atomic E-state index is 12.1. The lowest BCUT2D eigenvalue weighted by Crippen LogP contribution is -2.15. The minimum atomic E-state index is -3.61. The predicted octanol–water partition coefficient (Wildman–Crippen LogP) is 3.41. The van der Waals surface area contributed by atoms with Crippen molar-refractivity contribution in [1.29, 1.82) is 0 Å². The van der Waals surface area contributed by atoms with Gasteiger partial charge in [-0.15, -0.1) is 0 Å². The number of hydrogen-bond acceptors (Lipinski definition) is 7. The number of benzene rings is 2. The van der Waals surface area contributed by atoms with Crippen molar-refractivity contribution >= 4 is 33.1 Å². The molecule has 9 heteroatoms. The smallest absolute Gasteiger partial charge is 0.308 e. The second kappa shape index (κ2) is 7.14. The summed E-state index contributed by atoms with van der Waals surface area (Å²) in [6, 6.07) is 8.86. The van der Waals surface area contributed by atoms with E-state index in [-0.39, 0.29) is 29.5 Å². The summed E-state index contributed by atoms with van der Waals surface area (Å²) in [5.41, 5.74) is 4.41. The Kier molecular flexibility index (Phi) is 4.77. The van der Waals surface area contributed by atoms with E-state index in [1.165, 1.54) is 14.0 Å². The van der Waals surface area contributed by atoms with Crippen molar-refractivity contribution < 1.29 is 22.1 Å². The molecule has 1 amide bonds. The molecular weight excluding hydrogens is 394 g/mol. The van der Waals surface area contributed by atoms with Crippen molar-refractivity contribution in [3.05, 3.63) is 41.5 Å². The van der Waals surface area contributed by atoms with Crippen molar-refractivity contribution in [1.82, 2.24) is 0 Å². The van der Waals surface area contributed by atoms with Crippen LogP contribution in [0.2, 0.25) is 0 Å². The van der Waals surface area contributed by atoms with Crippen LogP contribution in [0.1, 0.15) is 43.5 Å². The lowest BCUT2D eigenvalue weighted by atomic mass is 9.97. The molecule has 2 aromatic carbocycles. The first kappa shape index (κ1) is 19.4. The fraction of sp³-hybridized carbons (Fsp3) is 0.350. The van der Waals surface area contributed by atoms with Gasteiger partial charge in [-0.2, -0.15) is 8.42 Å². The molecule has 8 nitrogen and oxygen atoms in total. The summed E-state index contributed by atoms with van der Waals surface area (Å²) in [7, 11) is -2.09. The molecule has 2 unspecified atom stereocenters. The number of hydrogen-bond donors (Lipinski definition) is 3. The Balaban J connectivity index is 1.61. The summed E-state index contributed by atoms with van der Waals surface area (Å²) in [4.78, 5) is 12.1. The highest BCUT2D eigenvalue weighted by molar-refractivity contribution is 7.87. The molecule has 29 heavy (non-hydrogen) atoms. The Bertz CT molecular complexity index is 1080. The van der Waals surface area contributed by atoms with Crippen LogP contribution in [0.4, 0.5) is 17.1 Å². The predicted molar refractivity (Wildman–Crippen MR) is 111 cm³/mol. The molecule has 0 aromatic heterocycles. The zero-order valence-corrected chi connectivity index (χ0v) is 17.2. The van der Waals surface area contributed by atoms with Gasteiger partial charge in [-0.05, 0) is 43.2 Å². The zero-order valence-electron chi connectivity index (χ0n) is 16.4. The average Bonchev–Trinajstić information content (AvgIpc) is 3.24. The van der Waals surface area contributed by atoms with Gasteiger partial charge in [0.2, 0.25) is 5.91 Å². The second-order valence-corrected chi connectivity index (χ2v) is 8.85. The van der Waals surface area contributed by atoms with E-state index in [9.17, 15) is 13.2 Å². The van der Waals surface area contributed by atoms with Gasteiger partial charge in [0.1, 0.15) is 17.7 Å². The van der Waals surface area contributed by atoms with Crippen LogP contribution in [-0.4, -0.2) is 27.2 Å². The number of carbonyl (C=O) groups is 1. The first-order valence-corrected chi connectivity index (χ1v) is 11.0. The number of fused-ring (bicyclic) bond motifs is 2. The number of methoxy groups -OCH3 is 1. The number of carbonyl (C=O) groups excluding carboxylic acids is 1. The summed E-state index contributed by atoms with van der Waals surface area (Å²) >= 11 is 0. The number of amides is 1. The van der Waals surface area contributed by atoms with Crippen LogP contribution in [0.3, 0.4) is 0 Å². The highest BCUT2D eigenvalue weighted by Gasteiger charge is 2.33. The molecule has 2 atom stereocenters. The molecule has 2 aromatic rings. The quantitative estimate of drug-likeness (QED) is 0.619. The molecule has 0 saturated carbocycles. The molecular formula is C20H23N3O5S. The van der Waals surface area contributed by atoms with E-state index >= 15 is 0 Å². The minimum absolute atomic E-state index is 0.0296. The Labute approximate surface area is 169 Å². The summed E-state index contributed by atoms with van der Waals surface area (Å²) in [5.74, 6) is 0.483. The van der Waals surface area contributed by atoms with Gasteiger partial charge in [0, 0.05) is 17.3 Å². The molecule has 0 bridgehead atoms. The fourth-order valence-electron chi connectivity index (χ4n) is 3.71. The first-order valence-electron chi connectivity index (χ1n) is 9.47. The number of rotatable bonds is 6. The number of nitrogens with one attached hydrogen (secondary N) is 3. The Morgan fingerprint density at radius 2 is 1.72 bits per heavy atom. The summed E-state index contributed by atoms with van der Waals surface area (Å²) in [6.07, 6.45) is 0.472. The molecule has 0 aliphatic carbocycles. The van der Waals surface area contributed by atoms with Crippen LogP contribution in [-0.2, 0) is 14.9 Å². The topological polar surface area (TPSA) is 106 Å². The Hall–Kier alpha value is -2.94. The van der Waals surface area contributed by atoms with E-state index in [2.05, 4.69) is 16.0 Å². The molecule has 2 aliphatic rings. The monoisotopic (exact) mass is 417 g/mol. The molecule has 4 rings (SSSR count). The van der Waals surface area contributed by atoms with E-state index in [4.69, 9.17) is 8.92 Å². The zero-order chi connectivity index (χ0) is 20.8. The van der Waals surface area contributed by atoms with Crippen LogP contribution < -0.4 is 24.9 Å². The minimum Gasteiger partial charge on any atom is -0.496 e. The molecule has 2 aliphatic heterocycles. The van der Waals surface area contributed by atoms with Gasteiger partial charge in [0.05, 0.1) is 30.2 Å². The van der Waals surface area contributed by atoms with Gasteiger partial charge in [-0.1, -0.05) is 6.92 Å². The summed E-state index contributed by atoms with van der Waals surface area (Å²) in [6.45, 7) is 3.52. The second-order valence-electron chi connectivity index (χ2n) is 6.99. The van der Waals surface area contributed by atoms with E-state index in [1.807, 2.05) is 19.1 Å². The van der Waals surface area contributed by atoms with Crippen LogP contribution in [0.25, 0.3) is 0 Å². The largest absolute Gasteiger partial charge is 0.496 e. The van der Waals surface area contributed by atoms with E-state index in [0.717, 1.165) is 34.6 Å². The molecule has 0 spiro atoms. The summed E-state index contributed by atoms with van der Waals surface area (Å²) in [5, 5.41) is 9.72. The molecule has 154 valence electrons. The molecule has 0 fully saturated rings. The third-order valence-electron chi connectivity index (χ3n) is 5.24. The molecule has 2 heterocycles. The van der Waals surface area contributed by atoms with Crippen LogP contribution in [0, 0.1) is 0 Å².